The average Bonchev–Trinajstić information content (AvgIpc) is 2.37. The molecule has 0 spiro atoms. The molecule has 0 bridgehead atoms. The summed E-state index contributed by atoms with van der Waals surface area (Å²) in [4.78, 5) is 12.0. The molecule has 0 saturated heterocycles. The topological polar surface area (TPSA) is 49.3 Å². The summed E-state index contributed by atoms with van der Waals surface area (Å²) >= 11 is 5.79. The molecule has 0 fully saturated rings. The molecule has 2 aromatic carbocycles. The SMILES string of the molecule is Cc1cc(O)ccc1C(=O)NCc1ccc(Cl)cc1. The van der Waals surface area contributed by atoms with Gasteiger partial charge in [0.25, 0.3) is 5.91 Å². The Kier molecular flexibility index (Phi) is 4.07. The van der Waals surface area contributed by atoms with Crippen molar-refractivity contribution in [1.82, 2.24) is 5.32 Å². The van der Waals surface area contributed by atoms with Crippen molar-refractivity contribution in [2.75, 3.05) is 0 Å². The summed E-state index contributed by atoms with van der Waals surface area (Å²) in [6.07, 6.45) is 0. The van der Waals surface area contributed by atoms with Gasteiger partial charge in [-0.2, -0.15) is 0 Å². The Morgan fingerprint density at radius 3 is 2.53 bits per heavy atom. The minimum atomic E-state index is -0.160. The van der Waals surface area contributed by atoms with Gasteiger partial charge in [0.05, 0.1) is 0 Å². The first kappa shape index (κ1) is 13.4. The molecule has 2 aromatic rings. The van der Waals surface area contributed by atoms with Crippen LogP contribution in [0.3, 0.4) is 0 Å². The second kappa shape index (κ2) is 5.76. The predicted molar refractivity (Wildman–Crippen MR) is 75.5 cm³/mol. The smallest absolute Gasteiger partial charge is 0.251 e. The Morgan fingerprint density at radius 2 is 1.89 bits per heavy atom. The van der Waals surface area contributed by atoms with Gasteiger partial charge in [-0.05, 0) is 48.4 Å². The Hall–Kier alpha value is -2.00. The number of hydrogen-bond donors (Lipinski definition) is 2. The van der Waals surface area contributed by atoms with Crippen molar-refractivity contribution in [3.05, 3.63) is 64.2 Å². The number of phenolic OH excluding ortho intramolecular Hbond substituents is 1. The lowest BCUT2D eigenvalue weighted by Crippen LogP contribution is -2.23. The van der Waals surface area contributed by atoms with Crippen LogP contribution in [0.25, 0.3) is 0 Å². The summed E-state index contributed by atoms with van der Waals surface area (Å²) in [5.41, 5.74) is 2.29. The highest BCUT2D eigenvalue weighted by molar-refractivity contribution is 6.30. The number of aryl methyl sites for hydroxylation is 1. The van der Waals surface area contributed by atoms with E-state index >= 15 is 0 Å². The van der Waals surface area contributed by atoms with E-state index in [1.807, 2.05) is 12.1 Å². The molecule has 2 N–H and O–H groups in total. The Labute approximate surface area is 116 Å². The van der Waals surface area contributed by atoms with E-state index in [1.165, 1.54) is 6.07 Å². The third kappa shape index (κ3) is 3.48. The number of rotatable bonds is 3. The van der Waals surface area contributed by atoms with E-state index in [-0.39, 0.29) is 11.7 Å². The Bertz CT molecular complexity index is 594. The van der Waals surface area contributed by atoms with Crippen molar-refractivity contribution in [3.63, 3.8) is 0 Å². The molecule has 0 aliphatic heterocycles. The molecular weight excluding hydrogens is 262 g/mol. The molecule has 0 unspecified atom stereocenters. The first-order valence-electron chi connectivity index (χ1n) is 5.88. The van der Waals surface area contributed by atoms with Crippen LogP contribution in [0, 0.1) is 6.92 Å². The molecule has 0 radical (unpaired) electrons. The van der Waals surface area contributed by atoms with Crippen LogP contribution in [-0.4, -0.2) is 11.0 Å². The zero-order valence-electron chi connectivity index (χ0n) is 10.5. The molecule has 0 saturated carbocycles. The van der Waals surface area contributed by atoms with E-state index < -0.39 is 0 Å². The van der Waals surface area contributed by atoms with Gasteiger partial charge in [-0.15, -0.1) is 0 Å². The number of phenols is 1. The monoisotopic (exact) mass is 275 g/mol. The molecule has 1 amide bonds. The first-order chi connectivity index (χ1) is 9.06. The predicted octanol–water partition coefficient (Wildman–Crippen LogP) is 3.28. The summed E-state index contributed by atoms with van der Waals surface area (Å²) in [6, 6.07) is 12.0. The van der Waals surface area contributed by atoms with Crippen molar-refractivity contribution in [3.8, 4) is 5.75 Å². The molecule has 98 valence electrons. The van der Waals surface area contributed by atoms with E-state index in [0.29, 0.717) is 17.1 Å². The van der Waals surface area contributed by atoms with Crippen LogP contribution >= 0.6 is 11.6 Å². The van der Waals surface area contributed by atoms with E-state index in [1.54, 1.807) is 31.2 Å². The second-order valence-electron chi connectivity index (χ2n) is 4.31. The Balaban J connectivity index is 2.03. The lowest BCUT2D eigenvalue weighted by molar-refractivity contribution is 0.0950. The van der Waals surface area contributed by atoms with Crippen molar-refractivity contribution < 1.29 is 9.90 Å². The third-order valence-corrected chi connectivity index (χ3v) is 3.07. The molecule has 0 aliphatic rings. The average molecular weight is 276 g/mol. The van der Waals surface area contributed by atoms with Crippen LogP contribution in [0.5, 0.6) is 5.75 Å². The molecule has 2 rings (SSSR count). The molecule has 0 aromatic heterocycles. The number of aromatic hydroxyl groups is 1. The third-order valence-electron chi connectivity index (χ3n) is 2.82. The number of nitrogens with one attached hydrogen (secondary N) is 1. The van der Waals surface area contributed by atoms with Gasteiger partial charge >= 0.3 is 0 Å². The fourth-order valence-electron chi connectivity index (χ4n) is 1.78. The summed E-state index contributed by atoms with van der Waals surface area (Å²) in [6.45, 7) is 2.23. The van der Waals surface area contributed by atoms with Crippen molar-refractivity contribution >= 4 is 17.5 Å². The van der Waals surface area contributed by atoms with E-state index in [2.05, 4.69) is 5.32 Å². The van der Waals surface area contributed by atoms with Gasteiger partial charge in [0, 0.05) is 17.1 Å². The number of hydrogen-bond acceptors (Lipinski definition) is 2. The van der Waals surface area contributed by atoms with Gasteiger partial charge in [-0.25, -0.2) is 0 Å². The minimum Gasteiger partial charge on any atom is -0.508 e. The van der Waals surface area contributed by atoms with Crippen molar-refractivity contribution in [1.29, 1.82) is 0 Å². The maximum absolute atomic E-state index is 12.0. The van der Waals surface area contributed by atoms with Crippen LogP contribution in [0.4, 0.5) is 0 Å². The van der Waals surface area contributed by atoms with Gasteiger partial charge in [0.1, 0.15) is 5.75 Å². The molecule has 0 atom stereocenters. The zero-order chi connectivity index (χ0) is 13.8. The molecule has 3 nitrogen and oxygen atoms in total. The van der Waals surface area contributed by atoms with Crippen LogP contribution in [0.2, 0.25) is 5.02 Å². The summed E-state index contributed by atoms with van der Waals surface area (Å²) in [5, 5.41) is 12.8. The van der Waals surface area contributed by atoms with E-state index in [4.69, 9.17) is 11.6 Å². The molecule has 4 heteroatoms. The van der Waals surface area contributed by atoms with Gasteiger partial charge < -0.3 is 10.4 Å². The summed E-state index contributed by atoms with van der Waals surface area (Å²) < 4.78 is 0. The number of amides is 1. The van der Waals surface area contributed by atoms with Gasteiger partial charge in [-0.1, -0.05) is 23.7 Å². The summed E-state index contributed by atoms with van der Waals surface area (Å²) in [7, 11) is 0. The quantitative estimate of drug-likeness (QED) is 0.903. The van der Waals surface area contributed by atoms with Gasteiger partial charge in [0.15, 0.2) is 0 Å². The maximum atomic E-state index is 12.0. The lowest BCUT2D eigenvalue weighted by Gasteiger charge is -2.08. The number of carbonyl (C=O) groups excluding carboxylic acids is 1. The fraction of sp³-hybridized carbons (Fsp3) is 0.133. The highest BCUT2D eigenvalue weighted by Crippen LogP contribution is 2.16. The summed E-state index contributed by atoms with van der Waals surface area (Å²) in [5.74, 6) is -0.000740. The second-order valence-corrected chi connectivity index (χ2v) is 4.74. The zero-order valence-corrected chi connectivity index (χ0v) is 11.2. The Morgan fingerprint density at radius 1 is 1.21 bits per heavy atom. The van der Waals surface area contributed by atoms with Gasteiger partial charge in [0.2, 0.25) is 0 Å². The first-order valence-corrected chi connectivity index (χ1v) is 6.26. The minimum absolute atomic E-state index is 0.159. The molecule has 19 heavy (non-hydrogen) atoms. The van der Waals surface area contributed by atoms with Crippen LogP contribution < -0.4 is 5.32 Å². The molecule has 0 heterocycles. The normalized spacial score (nSPS) is 10.2. The molecular formula is C15H14ClNO2. The van der Waals surface area contributed by atoms with Crippen LogP contribution in [0.15, 0.2) is 42.5 Å². The largest absolute Gasteiger partial charge is 0.508 e. The van der Waals surface area contributed by atoms with Crippen molar-refractivity contribution in [2.24, 2.45) is 0 Å². The molecule has 0 aliphatic carbocycles. The van der Waals surface area contributed by atoms with Gasteiger partial charge in [-0.3, -0.25) is 4.79 Å². The van der Waals surface area contributed by atoms with Crippen molar-refractivity contribution in [2.45, 2.75) is 13.5 Å². The highest BCUT2D eigenvalue weighted by Gasteiger charge is 2.08. The van der Waals surface area contributed by atoms with E-state index in [9.17, 15) is 9.90 Å². The maximum Gasteiger partial charge on any atom is 0.251 e. The van der Waals surface area contributed by atoms with E-state index in [0.717, 1.165) is 11.1 Å². The van der Waals surface area contributed by atoms with Crippen LogP contribution in [0.1, 0.15) is 21.5 Å². The number of carbonyl (C=O) groups is 1. The number of halogens is 1. The standard InChI is InChI=1S/C15H14ClNO2/c1-10-8-13(18)6-7-14(10)15(19)17-9-11-2-4-12(16)5-3-11/h2-8,18H,9H2,1H3,(H,17,19). The number of benzene rings is 2. The fourth-order valence-corrected chi connectivity index (χ4v) is 1.91. The van der Waals surface area contributed by atoms with Crippen LogP contribution in [-0.2, 0) is 6.54 Å². The highest BCUT2D eigenvalue weighted by atomic mass is 35.5. The lowest BCUT2D eigenvalue weighted by atomic mass is 10.1.